The van der Waals surface area contributed by atoms with Crippen LogP contribution in [0.15, 0.2) is 6.20 Å². The van der Waals surface area contributed by atoms with Crippen LogP contribution in [0.25, 0.3) is 0 Å². The normalized spacial score (nSPS) is 10.5. The number of halogens is 1. The second-order valence-corrected chi connectivity index (χ2v) is 2.80. The summed E-state index contributed by atoms with van der Waals surface area (Å²) in [6, 6.07) is 0. The minimum atomic E-state index is 0.736. The van der Waals surface area contributed by atoms with Crippen molar-refractivity contribution in [3.8, 4) is 0 Å². The average Bonchev–Trinajstić information content (AvgIpc) is 2.31. The van der Waals surface area contributed by atoms with Gasteiger partial charge in [0.25, 0.3) is 0 Å². The zero-order chi connectivity index (χ0) is 8.27. The Labute approximate surface area is 71.4 Å². The topological polar surface area (TPSA) is 29.9 Å². The molecule has 0 unspecified atom stereocenters. The molecule has 0 aliphatic carbocycles. The van der Waals surface area contributed by atoms with Gasteiger partial charge in [-0.2, -0.15) is 5.10 Å². The van der Waals surface area contributed by atoms with Crippen LogP contribution in [0.5, 0.6) is 0 Å². The van der Waals surface area contributed by atoms with E-state index in [1.165, 1.54) is 0 Å². The molecular weight excluding hydrogens is 162 g/mol. The second-order valence-electron chi connectivity index (χ2n) is 2.44. The maximum Gasteiger partial charge on any atom is 0.129 e. The average molecular weight is 174 g/mol. The quantitative estimate of drug-likeness (QED) is 0.734. The number of hydrogen-bond acceptors (Lipinski definition) is 2. The highest BCUT2D eigenvalue weighted by Crippen LogP contribution is 2.13. The molecule has 4 heteroatoms. The first-order chi connectivity index (χ1) is 5.25. The Morgan fingerprint density at radius 1 is 1.73 bits per heavy atom. The summed E-state index contributed by atoms with van der Waals surface area (Å²) in [4.78, 5) is 0. The number of likely N-dealkylation sites (N-methyl/N-ethyl adjacent to an activating group) is 1. The highest BCUT2D eigenvalue weighted by molar-refractivity contribution is 6.30. The molecule has 0 amide bonds. The van der Waals surface area contributed by atoms with E-state index in [4.69, 9.17) is 11.6 Å². The Bertz CT molecular complexity index is 232. The van der Waals surface area contributed by atoms with Gasteiger partial charge >= 0.3 is 0 Å². The van der Waals surface area contributed by atoms with E-state index >= 15 is 0 Å². The van der Waals surface area contributed by atoms with Gasteiger partial charge in [0, 0.05) is 12.6 Å². The summed E-state index contributed by atoms with van der Waals surface area (Å²) < 4.78 is 1.67. The summed E-state index contributed by atoms with van der Waals surface area (Å²) >= 11 is 5.92. The molecule has 0 fully saturated rings. The van der Waals surface area contributed by atoms with Crippen LogP contribution in [-0.4, -0.2) is 23.4 Å². The molecule has 1 heterocycles. The number of hydrogen-bond donors (Lipinski definition) is 1. The molecule has 0 spiro atoms. The predicted octanol–water partition coefficient (Wildman–Crippen LogP) is 0.835. The molecule has 1 aromatic heterocycles. The van der Waals surface area contributed by atoms with Gasteiger partial charge in [-0.1, -0.05) is 11.6 Å². The smallest absolute Gasteiger partial charge is 0.129 e. The summed E-state index contributed by atoms with van der Waals surface area (Å²) in [7, 11) is 3.76. The van der Waals surface area contributed by atoms with Gasteiger partial charge in [-0.25, -0.2) is 0 Å². The number of nitrogens with zero attached hydrogens (tertiary/aromatic N) is 2. The highest BCUT2D eigenvalue weighted by atomic mass is 35.5. The molecule has 0 saturated carbocycles. The molecule has 1 N–H and O–H groups in total. The van der Waals surface area contributed by atoms with Gasteiger partial charge < -0.3 is 5.32 Å². The van der Waals surface area contributed by atoms with Gasteiger partial charge in [0.15, 0.2) is 0 Å². The van der Waals surface area contributed by atoms with E-state index in [0.717, 1.165) is 23.7 Å². The van der Waals surface area contributed by atoms with E-state index in [-0.39, 0.29) is 0 Å². The first-order valence-corrected chi connectivity index (χ1v) is 3.94. The lowest BCUT2D eigenvalue weighted by Crippen LogP contribution is -2.10. The Morgan fingerprint density at radius 2 is 2.45 bits per heavy atom. The first kappa shape index (κ1) is 8.56. The molecule has 0 aliphatic rings. The van der Waals surface area contributed by atoms with E-state index < -0.39 is 0 Å². The fourth-order valence-corrected chi connectivity index (χ4v) is 1.08. The standard InChI is InChI=1S/C7H12ClN3/c1-9-4-3-6-5-10-11(2)7(6)8/h5,9H,3-4H2,1-2H3. The van der Waals surface area contributed by atoms with Gasteiger partial charge in [-0.3, -0.25) is 4.68 Å². The minimum Gasteiger partial charge on any atom is -0.319 e. The van der Waals surface area contributed by atoms with E-state index in [0.29, 0.717) is 0 Å². The van der Waals surface area contributed by atoms with Crippen LogP contribution < -0.4 is 5.32 Å². The zero-order valence-electron chi connectivity index (χ0n) is 6.76. The maximum atomic E-state index is 5.92. The Balaban J connectivity index is 2.63. The molecule has 3 nitrogen and oxygen atoms in total. The summed E-state index contributed by atoms with van der Waals surface area (Å²) in [5.74, 6) is 0. The van der Waals surface area contributed by atoms with E-state index in [9.17, 15) is 0 Å². The summed E-state index contributed by atoms with van der Waals surface area (Å²) in [5, 5.41) is 7.82. The van der Waals surface area contributed by atoms with Crippen LogP contribution in [0.1, 0.15) is 5.56 Å². The van der Waals surface area contributed by atoms with E-state index in [2.05, 4.69) is 10.4 Å². The van der Waals surface area contributed by atoms with E-state index in [1.807, 2.05) is 14.1 Å². The fourth-order valence-electron chi connectivity index (χ4n) is 0.895. The van der Waals surface area contributed by atoms with Crippen molar-refractivity contribution in [3.05, 3.63) is 16.9 Å². The molecule has 1 rings (SSSR count). The minimum absolute atomic E-state index is 0.736. The monoisotopic (exact) mass is 173 g/mol. The highest BCUT2D eigenvalue weighted by Gasteiger charge is 2.03. The van der Waals surface area contributed by atoms with Crippen molar-refractivity contribution in [2.45, 2.75) is 6.42 Å². The van der Waals surface area contributed by atoms with Crippen LogP contribution >= 0.6 is 11.6 Å². The lowest BCUT2D eigenvalue weighted by molar-refractivity contribution is 0.764. The first-order valence-electron chi connectivity index (χ1n) is 3.56. The largest absolute Gasteiger partial charge is 0.319 e. The third-order valence-electron chi connectivity index (χ3n) is 1.58. The summed E-state index contributed by atoms with van der Waals surface area (Å²) in [6.45, 7) is 0.936. The third kappa shape index (κ3) is 1.94. The summed E-state index contributed by atoms with van der Waals surface area (Å²) in [5.41, 5.74) is 1.10. The zero-order valence-corrected chi connectivity index (χ0v) is 7.52. The molecule has 0 radical (unpaired) electrons. The number of aromatic nitrogens is 2. The van der Waals surface area contributed by atoms with Crippen molar-refractivity contribution < 1.29 is 0 Å². The molecule has 0 saturated heterocycles. The number of nitrogens with one attached hydrogen (secondary N) is 1. The third-order valence-corrected chi connectivity index (χ3v) is 2.07. The van der Waals surface area contributed by atoms with Gasteiger partial charge in [-0.05, 0) is 20.0 Å². The van der Waals surface area contributed by atoms with Crippen molar-refractivity contribution >= 4 is 11.6 Å². The maximum absolute atomic E-state index is 5.92. The molecule has 0 bridgehead atoms. The molecular formula is C7H12ClN3. The van der Waals surface area contributed by atoms with Gasteiger partial charge in [-0.15, -0.1) is 0 Å². The lowest BCUT2D eigenvalue weighted by atomic mass is 10.2. The lowest BCUT2D eigenvalue weighted by Gasteiger charge is -1.96. The van der Waals surface area contributed by atoms with Gasteiger partial charge in [0.05, 0.1) is 6.20 Å². The van der Waals surface area contributed by atoms with Gasteiger partial charge in [0.2, 0.25) is 0 Å². The Kier molecular flexibility index (Phi) is 2.91. The van der Waals surface area contributed by atoms with E-state index in [1.54, 1.807) is 10.9 Å². The molecule has 0 aromatic carbocycles. The van der Waals surface area contributed by atoms with Crippen molar-refractivity contribution in [3.63, 3.8) is 0 Å². The van der Waals surface area contributed by atoms with Crippen LogP contribution in [-0.2, 0) is 13.5 Å². The van der Waals surface area contributed by atoms with Crippen molar-refractivity contribution in [2.24, 2.45) is 7.05 Å². The second kappa shape index (κ2) is 3.74. The Morgan fingerprint density at radius 3 is 2.91 bits per heavy atom. The van der Waals surface area contributed by atoms with Crippen molar-refractivity contribution in [1.29, 1.82) is 0 Å². The number of rotatable bonds is 3. The fraction of sp³-hybridized carbons (Fsp3) is 0.571. The molecule has 62 valence electrons. The Hall–Kier alpha value is -0.540. The van der Waals surface area contributed by atoms with Crippen LogP contribution in [0.4, 0.5) is 0 Å². The SMILES string of the molecule is CNCCc1cnn(C)c1Cl. The summed E-state index contributed by atoms with van der Waals surface area (Å²) in [6.07, 6.45) is 2.74. The molecule has 1 aromatic rings. The molecule has 0 atom stereocenters. The van der Waals surface area contributed by atoms with Crippen molar-refractivity contribution in [1.82, 2.24) is 15.1 Å². The van der Waals surface area contributed by atoms with Crippen LogP contribution in [0.2, 0.25) is 5.15 Å². The number of aryl methyl sites for hydroxylation is 1. The van der Waals surface area contributed by atoms with Crippen LogP contribution in [0, 0.1) is 0 Å². The molecule has 11 heavy (non-hydrogen) atoms. The predicted molar refractivity (Wildman–Crippen MR) is 45.8 cm³/mol. The molecule has 0 aliphatic heterocycles. The van der Waals surface area contributed by atoms with Crippen LogP contribution in [0.3, 0.4) is 0 Å². The van der Waals surface area contributed by atoms with Crippen molar-refractivity contribution in [2.75, 3.05) is 13.6 Å². The van der Waals surface area contributed by atoms with Gasteiger partial charge in [0.1, 0.15) is 5.15 Å².